The van der Waals surface area contributed by atoms with Crippen molar-refractivity contribution in [3.8, 4) is 23.3 Å². The second-order valence-electron chi connectivity index (χ2n) is 10.2. The summed E-state index contributed by atoms with van der Waals surface area (Å²) in [5.41, 5.74) is -0.191. The summed E-state index contributed by atoms with van der Waals surface area (Å²) in [4.78, 5) is 28.7. The Morgan fingerprint density at radius 3 is 2.59 bits per heavy atom. The summed E-state index contributed by atoms with van der Waals surface area (Å²) in [6.45, 7) is 3.59. The standard InChI is InChI=1S/C28H28FN9O5S/c1-42-20-6-9-37(16-20)44(40,41)35-25-5-3-23(29)26(22(25)13-30)43-19-2-4-24-21(12-19)27(39)38(17-34-24)18-14-32-28(33-15-18)36-10-7-31-8-11-36/h2-5,12,14-15,17,20,31,35H,6-11,16H2,1H3/t20-/m1/s1. The van der Waals surface area contributed by atoms with Crippen molar-refractivity contribution in [2.24, 2.45) is 0 Å². The molecule has 2 aliphatic heterocycles. The first-order valence-corrected chi connectivity index (χ1v) is 15.2. The molecule has 0 bridgehead atoms. The third-order valence-electron chi connectivity index (χ3n) is 7.49. The number of aromatic nitrogens is 4. The zero-order chi connectivity index (χ0) is 30.8. The first-order valence-electron chi connectivity index (χ1n) is 13.8. The maximum atomic E-state index is 15.0. The SMILES string of the molecule is CO[C@@H]1CCN(S(=O)(=O)Nc2ccc(F)c(Oc3ccc4ncn(-c5cnc(N6CCNCC6)nc5)c(=O)c4c3)c2C#N)C1. The van der Waals surface area contributed by atoms with E-state index in [9.17, 15) is 18.5 Å². The van der Waals surface area contributed by atoms with E-state index >= 15 is 4.39 Å². The zero-order valence-corrected chi connectivity index (χ0v) is 24.4. The molecule has 2 fully saturated rings. The highest BCUT2D eigenvalue weighted by Gasteiger charge is 2.32. The second-order valence-corrected chi connectivity index (χ2v) is 11.9. The molecule has 0 aliphatic carbocycles. The first kappa shape index (κ1) is 29.4. The lowest BCUT2D eigenvalue weighted by Crippen LogP contribution is -2.44. The summed E-state index contributed by atoms with van der Waals surface area (Å²) < 4.78 is 56.8. The summed E-state index contributed by atoms with van der Waals surface area (Å²) in [6.07, 6.45) is 4.72. The minimum Gasteiger partial charge on any atom is -0.453 e. The van der Waals surface area contributed by atoms with Crippen molar-refractivity contribution in [1.82, 2.24) is 29.1 Å². The molecule has 0 amide bonds. The molecule has 2 aliphatic rings. The second kappa shape index (κ2) is 12.1. The van der Waals surface area contributed by atoms with Crippen LogP contribution in [0, 0.1) is 17.1 Å². The van der Waals surface area contributed by atoms with Gasteiger partial charge in [-0.05, 0) is 36.8 Å². The van der Waals surface area contributed by atoms with Gasteiger partial charge in [-0.15, -0.1) is 0 Å². The van der Waals surface area contributed by atoms with Crippen LogP contribution in [0.15, 0.2) is 53.8 Å². The van der Waals surface area contributed by atoms with Crippen molar-refractivity contribution >= 4 is 32.7 Å². The number of benzene rings is 2. The molecule has 2 N–H and O–H groups in total. The lowest BCUT2D eigenvalue weighted by atomic mass is 10.1. The van der Waals surface area contributed by atoms with Gasteiger partial charge in [-0.1, -0.05) is 0 Å². The molecule has 0 unspecified atom stereocenters. The van der Waals surface area contributed by atoms with Gasteiger partial charge in [0.2, 0.25) is 5.95 Å². The molecule has 2 aromatic heterocycles. The molecule has 0 spiro atoms. The molecule has 2 saturated heterocycles. The smallest absolute Gasteiger partial charge is 0.301 e. The van der Waals surface area contributed by atoms with E-state index in [1.54, 1.807) is 12.4 Å². The fourth-order valence-corrected chi connectivity index (χ4v) is 6.38. The summed E-state index contributed by atoms with van der Waals surface area (Å²) in [5, 5.41) is 13.3. The molecule has 44 heavy (non-hydrogen) atoms. The van der Waals surface area contributed by atoms with Crippen molar-refractivity contribution in [3.05, 3.63) is 70.8 Å². The topological polar surface area (TPSA) is 168 Å². The molecule has 6 rings (SSSR count). The third kappa shape index (κ3) is 5.77. The Labute approximate surface area is 251 Å². The predicted octanol–water partition coefficient (Wildman–Crippen LogP) is 1.77. The number of fused-ring (bicyclic) bond motifs is 1. The Bertz CT molecular complexity index is 1910. The van der Waals surface area contributed by atoms with E-state index < -0.39 is 27.3 Å². The maximum absolute atomic E-state index is 15.0. The van der Waals surface area contributed by atoms with Crippen molar-refractivity contribution in [2.45, 2.75) is 12.5 Å². The van der Waals surface area contributed by atoms with Crippen molar-refractivity contribution in [2.75, 3.05) is 56.0 Å². The number of hydrogen-bond acceptors (Lipinski definition) is 11. The molecule has 16 heteroatoms. The van der Waals surface area contributed by atoms with E-state index in [1.165, 1.54) is 40.5 Å². The summed E-state index contributed by atoms with van der Waals surface area (Å²) in [7, 11) is -2.56. The number of halogens is 1. The zero-order valence-electron chi connectivity index (χ0n) is 23.6. The number of ether oxygens (including phenoxy) is 2. The highest BCUT2D eigenvalue weighted by molar-refractivity contribution is 7.90. The molecular weight excluding hydrogens is 593 g/mol. The Morgan fingerprint density at radius 2 is 1.89 bits per heavy atom. The van der Waals surface area contributed by atoms with Crippen LogP contribution in [0.2, 0.25) is 0 Å². The van der Waals surface area contributed by atoms with Crippen LogP contribution in [0.5, 0.6) is 11.5 Å². The van der Waals surface area contributed by atoms with Gasteiger partial charge in [0.25, 0.3) is 5.56 Å². The molecule has 228 valence electrons. The maximum Gasteiger partial charge on any atom is 0.301 e. The average molecular weight is 622 g/mol. The predicted molar refractivity (Wildman–Crippen MR) is 159 cm³/mol. The first-order chi connectivity index (χ1) is 21.3. The Hall–Kier alpha value is -4.69. The van der Waals surface area contributed by atoms with Crippen molar-refractivity contribution in [3.63, 3.8) is 0 Å². The number of anilines is 2. The number of nitrogens with zero attached hydrogens (tertiary/aromatic N) is 7. The van der Waals surface area contributed by atoms with Gasteiger partial charge in [0.1, 0.15) is 23.7 Å². The number of methoxy groups -OCH3 is 1. The van der Waals surface area contributed by atoms with Gasteiger partial charge in [-0.2, -0.15) is 18.0 Å². The number of piperazine rings is 1. The Kier molecular flexibility index (Phi) is 8.10. The van der Waals surface area contributed by atoms with Gasteiger partial charge in [-0.25, -0.2) is 19.3 Å². The number of nitrogens with one attached hydrogen (secondary N) is 2. The molecule has 1 atom stereocenters. The van der Waals surface area contributed by atoms with Gasteiger partial charge in [-0.3, -0.25) is 14.1 Å². The van der Waals surface area contributed by atoms with E-state index in [0.717, 1.165) is 38.3 Å². The minimum atomic E-state index is -4.06. The third-order valence-corrected chi connectivity index (χ3v) is 8.98. The largest absolute Gasteiger partial charge is 0.453 e. The van der Waals surface area contributed by atoms with E-state index in [-0.39, 0.29) is 41.6 Å². The van der Waals surface area contributed by atoms with Crippen molar-refractivity contribution in [1.29, 1.82) is 5.26 Å². The molecule has 14 nitrogen and oxygen atoms in total. The fourth-order valence-electron chi connectivity index (χ4n) is 5.10. The van der Waals surface area contributed by atoms with Gasteiger partial charge < -0.3 is 19.7 Å². The number of hydrogen-bond donors (Lipinski definition) is 2. The van der Waals surface area contributed by atoms with Gasteiger partial charge in [0.05, 0.1) is 40.8 Å². The van der Waals surface area contributed by atoms with Crippen molar-refractivity contribution < 1.29 is 22.3 Å². The van der Waals surface area contributed by atoms with E-state index in [1.807, 2.05) is 11.0 Å². The average Bonchev–Trinajstić information content (AvgIpc) is 3.55. The Balaban J connectivity index is 1.28. The normalized spacial score (nSPS) is 17.5. The van der Waals surface area contributed by atoms with Crippen LogP contribution < -0.4 is 25.2 Å². The Morgan fingerprint density at radius 1 is 1.11 bits per heavy atom. The van der Waals surface area contributed by atoms with Crippen LogP contribution >= 0.6 is 0 Å². The van der Waals surface area contributed by atoms with Gasteiger partial charge in [0.15, 0.2) is 11.6 Å². The summed E-state index contributed by atoms with van der Waals surface area (Å²) in [6, 6.07) is 8.35. The minimum absolute atomic E-state index is 0.0392. The van der Waals surface area contributed by atoms with E-state index in [0.29, 0.717) is 23.6 Å². The number of nitriles is 1. The van der Waals surface area contributed by atoms with Gasteiger partial charge >= 0.3 is 10.2 Å². The summed E-state index contributed by atoms with van der Waals surface area (Å²) in [5.74, 6) is -0.788. The van der Waals surface area contributed by atoms with E-state index in [4.69, 9.17) is 9.47 Å². The molecular formula is C28H28FN9O5S. The van der Waals surface area contributed by atoms with Crippen LogP contribution in [0.25, 0.3) is 16.6 Å². The lowest BCUT2D eigenvalue weighted by Gasteiger charge is -2.27. The highest BCUT2D eigenvalue weighted by Crippen LogP contribution is 2.34. The van der Waals surface area contributed by atoms with Crippen LogP contribution in [0.1, 0.15) is 12.0 Å². The molecule has 0 saturated carbocycles. The van der Waals surface area contributed by atoms with Crippen LogP contribution in [0.4, 0.5) is 16.0 Å². The van der Waals surface area contributed by atoms with Crippen LogP contribution in [0.3, 0.4) is 0 Å². The summed E-state index contributed by atoms with van der Waals surface area (Å²) >= 11 is 0. The van der Waals surface area contributed by atoms with E-state index in [2.05, 4.69) is 25.0 Å². The monoisotopic (exact) mass is 621 g/mol. The molecule has 4 heterocycles. The molecule has 0 radical (unpaired) electrons. The fraction of sp³-hybridized carbons (Fsp3) is 0.321. The van der Waals surface area contributed by atoms with Crippen LogP contribution in [-0.2, 0) is 14.9 Å². The number of rotatable bonds is 8. The van der Waals surface area contributed by atoms with Gasteiger partial charge in [0, 0.05) is 46.4 Å². The lowest BCUT2D eigenvalue weighted by molar-refractivity contribution is 0.115. The van der Waals surface area contributed by atoms with Crippen LogP contribution in [-0.4, -0.2) is 84.7 Å². The highest BCUT2D eigenvalue weighted by atomic mass is 32.2. The molecule has 4 aromatic rings. The quantitative estimate of drug-likeness (QED) is 0.294. The molecule has 2 aromatic carbocycles.